The van der Waals surface area contributed by atoms with Gasteiger partial charge in [0.2, 0.25) is 0 Å². The highest BCUT2D eigenvalue weighted by atomic mass is 16.5. The van der Waals surface area contributed by atoms with Crippen LogP contribution in [-0.2, 0) is 5.41 Å². The van der Waals surface area contributed by atoms with Gasteiger partial charge in [0.05, 0.1) is 6.61 Å². The molecule has 3 aromatic carbocycles. The van der Waals surface area contributed by atoms with Crippen molar-refractivity contribution in [3.8, 4) is 17.2 Å². The van der Waals surface area contributed by atoms with Crippen LogP contribution in [0.5, 0.6) is 17.2 Å². The molecule has 2 heteroatoms. The summed E-state index contributed by atoms with van der Waals surface area (Å²) in [6.45, 7) is 7.23. The molecular formula is C25H27O2. The molecule has 0 amide bonds. The van der Waals surface area contributed by atoms with Gasteiger partial charge in [-0.05, 0) is 72.7 Å². The first-order chi connectivity index (χ1) is 13.1. The van der Waals surface area contributed by atoms with Gasteiger partial charge in [-0.25, -0.2) is 0 Å². The van der Waals surface area contributed by atoms with E-state index in [9.17, 15) is 0 Å². The number of para-hydroxylation sites is 1. The first-order valence-electron chi connectivity index (χ1n) is 9.46. The Morgan fingerprint density at radius 3 is 2.19 bits per heavy atom. The van der Waals surface area contributed by atoms with Gasteiger partial charge < -0.3 is 9.47 Å². The minimum Gasteiger partial charge on any atom is -0.494 e. The van der Waals surface area contributed by atoms with E-state index in [2.05, 4.69) is 56.7 Å². The van der Waals surface area contributed by atoms with E-state index < -0.39 is 0 Å². The smallest absolute Gasteiger partial charge is 0.127 e. The van der Waals surface area contributed by atoms with Gasteiger partial charge in [-0.2, -0.15) is 0 Å². The molecule has 1 radical (unpaired) electrons. The van der Waals surface area contributed by atoms with Crippen molar-refractivity contribution in [2.24, 2.45) is 0 Å². The Morgan fingerprint density at radius 2 is 1.48 bits per heavy atom. The topological polar surface area (TPSA) is 18.5 Å². The summed E-state index contributed by atoms with van der Waals surface area (Å²) in [6.07, 6.45) is 3.21. The van der Waals surface area contributed by atoms with E-state index in [1.807, 2.05) is 49.4 Å². The molecule has 0 atom stereocenters. The monoisotopic (exact) mass is 359 g/mol. The quantitative estimate of drug-likeness (QED) is 0.440. The van der Waals surface area contributed by atoms with Gasteiger partial charge in [0.15, 0.2) is 0 Å². The summed E-state index contributed by atoms with van der Waals surface area (Å²) in [5, 5.41) is 0. The second-order valence-corrected chi connectivity index (χ2v) is 7.24. The lowest BCUT2D eigenvalue weighted by atomic mass is 9.79. The lowest BCUT2D eigenvalue weighted by Crippen LogP contribution is -2.17. The Morgan fingerprint density at radius 1 is 0.778 bits per heavy atom. The van der Waals surface area contributed by atoms with Crippen molar-refractivity contribution in [1.82, 2.24) is 0 Å². The van der Waals surface area contributed by atoms with E-state index in [4.69, 9.17) is 9.47 Å². The SMILES string of the molecule is CCOc1ccc(C(C)(C)C[CH]c2cccc(Oc3ccccc3)c2)cc1. The van der Waals surface area contributed by atoms with Crippen LogP contribution in [0.3, 0.4) is 0 Å². The van der Waals surface area contributed by atoms with Gasteiger partial charge in [-0.1, -0.05) is 56.3 Å². The molecule has 0 aliphatic heterocycles. The highest BCUT2D eigenvalue weighted by Gasteiger charge is 2.20. The van der Waals surface area contributed by atoms with Gasteiger partial charge in [-0.15, -0.1) is 0 Å². The van der Waals surface area contributed by atoms with Crippen LogP contribution in [0.2, 0.25) is 0 Å². The standard InChI is InChI=1S/C25H27O2/c1-4-26-22-15-13-21(14-16-22)25(2,3)18-17-20-9-8-12-24(19-20)27-23-10-6-5-7-11-23/h5-17,19H,4,18H2,1-3H3. The molecule has 139 valence electrons. The van der Waals surface area contributed by atoms with Crippen molar-refractivity contribution in [2.75, 3.05) is 6.61 Å². The van der Waals surface area contributed by atoms with Crippen molar-refractivity contribution in [1.29, 1.82) is 0 Å². The maximum absolute atomic E-state index is 5.94. The van der Waals surface area contributed by atoms with E-state index in [0.29, 0.717) is 6.61 Å². The van der Waals surface area contributed by atoms with E-state index in [1.165, 1.54) is 11.1 Å². The van der Waals surface area contributed by atoms with Crippen LogP contribution in [0.25, 0.3) is 0 Å². The Bertz CT molecular complexity index is 836. The average molecular weight is 359 g/mol. The molecule has 0 saturated carbocycles. The number of benzene rings is 3. The zero-order valence-corrected chi connectivity index (χ0v) is 16.3. The van der Waals surface area contributed by atoms with Gasteiger partial charge >= 0.3 is 0 Å². The molecule has 0 aliphatic rings. The largest absolute Gasteiger partial charge is 0.494 e. The van der Waals surface area contributed by atoms with E-state index in [1.54, 1.807) is 0 Å². The molecule has 0 aromatic heterocycles. The molecule has 0 fully saturated rings. The fraction of sp³-hybridized carbons (Fsp3) is 0.240. The van der Waals surface area contributed by atoms with Gasteiger partial charge in [-0.3, -0.25) is 0 Å². The van der Waals surface area contributed by atoms with Crippen LogP contribution in [0.15, 0.2) is 78.9 Å². The molecule has 2 nitrogen and oxygen atoms in total. The highest BCUT2D eigenvalue weighted by Crippen LogP contribution is 2.31. The van der Waals surface area contributed by atoms with Crippen LogP contribution in [0, 0.1) is 6.42 Å². The van der Waals surface area contributed by atoms with Crippen LogP contribution in [0.1, 0.15) is 38.3 Å². The third kappa shape index (κ3) is 5.37. The molecule has 0 aliphatic carbocycles. The highest BCUT2D eigenvalue weighted by molar-refractivity contribution is 5.38. The maximum atomic E-state index is 5.94. The Labute approximate surface area is 162 Å². The fourth-order valence-electron chi connectivity index (χ4n) is 2.99. The maximum Gasteiger partial charge on any atom is 0.127 e. The zero-order chi connectivity index (χ0) is 19.1. The molecule has 0 spiro atoms. The van der Waals surface area contributed by atoms with Crippen molar-refractivity contribution in [3.05, 3.63) is 96.4 Å². The molecule has 27 heavy (non-hydrogen) atoms. The first-order valence-corrected chi connectivity index (χ1v) is 9.46. The Balaban J connectivity index is 1.64. The number of ether oxygens (including phenoxy) is 2. The summed E-state index contributed by atoms with van der Waals surface area (Å²) in [5.74, 6) is 2.63. The van der Waals surface area contributed by atoms with Gasteiger partial charge in [0.25, 0.3) is 0 Å². The molecule has 3 aromatic rings. The summed E-state index contributed by atoms with van der Waals surface area (Å²) in [5.41, 5.74) is 2.52. The summed E-state index contributed by atoms with van der Waals surface area (Å²) < 4.78 is 11.5. The van der Waals surface area contributed by atoms with Gasteiger partial charge in [0, 0.05) is 0 Å². The molecule has 3 rings (SSSR count). The average Bonchev–Trinajstić information content (AvgIpc) is 2.68. The van der Waals surface area contributed by atoms with E-state index in [-0.39, 0.29) is 5.41 Å². The lowest BCUT2D eigenvalue weighted by molar-refractivity contribution is 0.340. The zero-order valence-electron chi connectivity index (χ0n) is 16.3. The molecule has 0 unspecified atom stereocenters. The number of hydrogen-bond donors (Lipinski definition) is 0. The van der Waals surface area contributed by atoms with Crippen LogP contribution in [0.4, 0.5) is 0 Å². The molecular weight excluding hydrogens is 332 g/mol. The molecule has 0 N–H and O–H groups in total. The minimum atomic E-state index is 0.0427. The molecule has 0 heterocycles. The van der Waals surface area contributed by atoms with E-state index in [0.717, 1.165) is 23.7 Å². The number of hydrogen-bond acceptors (Lipinski definition) is 2. The number of rotatable bonds is 8. The second-order valence-electron chi connectivity index (χ2n) is 7.24. The van der Waals surface area contributed by atoms with Crippen LogP contribution in [-0.4, -0.2) is 6.61 Å². The lowest BCUT2D eigenvalue weighted by Gasteiger charge is -2.25. The van der Waals surface area contributed by atoms with Crippen molar-refractivity contribution < 1.29 is 9.47 Å². The molecule has 0 saturated heterocycles. The van der Waals surface area contributed by atoms with Crippen molar-refractivity contribution >= 4 is 0 Å². The summed E-state index contributed by atoms with van der Waals surface area (Å²) in [4.78, 5) is 0. The predicted molar refractivity (Wildman–Crippen MR) is 112 cm³/mol. The van der Waals surface area contributed by atoms with Crippen LogP contribution < -0.4 is 9.47 Å². The second kappa shape index (κ2) is 8.77. The van der Waals surface area contributed by atoms with Gasteiger partial charge in [0.1, 0.15) is 17.2 Å². The summed E-state index contributed by atoms with van der Waals surface area (Å²) >= 11 is 0. The van der Waals surface area contributed by atoms with Crippen LogP contribution >= 0.6 is 0 Å². The van der Waals surface area contributed by atoms with Crippen molar-refractivity contribution in [3.63, 3.8) is 0 Å². The third-order valence-corrected chi connectivity index (χ3v) is 4.63. The molecule has 0 bridgehead atoms. The first kappa shape index (κ1) is 19.0. The van der Waals surface area contributed by atoms with Crippen molar-refractivity contribution in [2.45, 2.75) is 32.6 Å². The predicted octanol–water partition coefficient (Wildman–Crippen LogP) is 6.80. The fourth-order valence-corrected chi connectivity index (χ4v) is 2.99. The Hall–Kier alpha value is -2.74. The Kier molecular flexibility index (Phi) is 6.18. The minimum absolute atomic E-state index is 0.0427. The summed E-state index contributed by atoms with van der Waals surface area (Å²) in [7, 11) is 0. The summed E-state index contributed by atoms with van der Waals surface area (Å²) in [6, 6.07) is 26.5. The third-order valence-electron chi connectivity index (χ3n) is 4.63. The normalized spacial score (nSPS) is 11.2. The van der Waals surface area contributed by atoms with E-state index >= 15 is 0 Å².